The van der Waals surface area contributed by atoms with Gasteiger partial charge < -0.3 is 35.3 Å². The zero-order valence-corrected chi connectivity index (χ0v) is 26.1. The predicted octanol–water partition coefficient (Wildman–Crippen LogP) is 4.03. The molecule has 3 rings (SSSR count). The average molecular weight is 594 g/mol. The van der Waals surface area contributed by atoms with Crippen molar-refractivity contribution in [2.45, 2.75) is 52.2 Å². The minimum Gasteiger partial charge on any atom is -0.493 e. The SMILES string of the molecule is CCCN(CCC)C(=O)C1=CC=CC(C(N)=O)([C@H](Cc2ccccc2)[C@@H](O)CNCc2cc(OC)c(OC)c(OC)c2)C1. The first-order valence-electron chi connectivity index (χ1n) is 14.9. The molecule has 0 saturated heterocycles. The number of benzene rings is 2. The number of carbonyl (C=O) groups is 2. The van der Waals surface area contributed by atoms with Crippen LogP contribution >= 0.6 is 0 Å². The van der Waals surface area contributed by atoms with E-state index in [1.165, 1.54) is 0 Å². The number of aliphatic hydroxyl groups excluding tert-OH is 1. The van der Waals surface area contributed by atoms with Gasteiger partial charge in [-0.25, -0.2) is 0 Å². The summed E-state index contributed by atoms with van der Waals surface area (Å²) in [6.07, 6.45) is 6.52. The number of ether oxygens (including phenoxy) is 3. The Morgan fingerprint density at radius 2 is 1.63 bits per heavy atom. The van der Waals surface area contributed by atoms with Crippen molar-refractivity contribution in [2.24, 2.45) is 17.1 Å². The largest absolute Gasteiger partial charge is 0.493 e. The topological polar surface area (TPSA) is 123 Å². The molecule has 0 fully saturated rings. The van der Waals surface area contributed by atoms with Crippen LogP contribution < -0.4 is 25.3 Å². The summed E-state index contributed by atoms with van der Waals surface area (Å²) >= 11 is 0. The molecule has 0 bridgehead atoms. The lowest BCUT2D eigenvalue weighted by molar-refractivity contribution is -0.132. The number of nitrogens with one attached hydrogen (secondary N) is 1. The van der Waals surface area contributed by atoms with Gasteiger partial charge in [-0.05, 0) is 48.9 Å². The molecule has 4 N–H and O–H groups in total. The van der Waals surface area contributed by atoms with Crippen LogP contribution in [0.5, 0.6) is 17.2 Å². The Bertz CT molecular complexity index is 1250. The molecule has 2 aromatic carbocycles. The Balaban J connectivity index is 1.89. The molecule has 3 atom stereocenters. The zero-order valence-electron chi connectivity index (χ0n) is 26.1. The Labute approximate surface area is 255 Å². The van der Waals surface area contributed by atoms with Gasteiger partial charge in [-0.1, -0.05) is 62.4 Å². The second kappa shape index (κ2) is 16.1. The number of carbonyl (C=O) groups excluding carboxylic acids is 2. The van der Waals surface area contributed by atoms with Gasteiger partial charge in [-0.2, -0.15) is 0 Å². The van der Waals surface area contributed by atoms with Crippen LogP contribution in [0.1, 0.15) is 44.2 Å². The van der Waals surface area contributed by atoms with Gasteiger partial charge in [-0.15, -0.1) is 0 Å². The van der Waals surface area contributed by atoms with E-state index in [-0.39, 0.29) is 18.9 Å². The molecule has 0 aromatic heterocycles. The molecule has 0 spiro atoms. The lowest BCUT2D eigenvalue weighted by atomic mass is 9.64. The third-order valence-electron chi connectivity index (χ3n) is 8.01. The lowest BCUT2D eigenvalue weighted by Gasteiger charge is -2.41. The van der Waals surface area contributed by atoms with Crippen molar-refractivity contribution in [3.05, 3.63) is 77.4 Å². The van der Waals surface area contributed by atoms with Gasteiger partial charge in [0.2, 0.25) is 17.6 Å². The number of rotatable bonds is 17. The number of nitrogens with two attached hydrogens (primary N) is 1. The van der Waals surface area contributed by atoms with Crippen LogP contribution in [0.4, 0.5) is 0 Å². The molecule has 1 aliphatic rings. The second-order valence-electron chi connectivity index (χ2n) is 11.0. The molecule has 43 heavy (non-hydrogen) atoms. The van der Waals surface area contributed by atoms with E-state index in [4.69, 9.17) is 19.9 Å². The number of nitrogens with zero attached hydrogens (tertiary/aromatic N) is 1. The lowest BCUT2D eigenvalue weighted by Crippen LogP contribution is -2.51. The minimum atomic E-state index is -1.26. The van der Waals surface area contributed by atoms with E-state index >= 15 is 0 Å². The van der Waals surface area contributed by atoms with Gasteiger partial charge in [0, 0.05) is 37.7 Å². The predicted molar refractivity (Wildman–Crippen MR) is 168 cm³/mol. The molecule has 0 aliphatic heterocycles. The fourth-order valence-electron chi connectivity index (χ4n) is 5.85. The summed E-state index contributed by atoms with van der Waals surface area (Å²) in [5.74, 6) is 0.310. The maximum absolute atomic E-state index is 13.6. The van der Waals surface area contributed by atoms with Crippen molar-refractivity contribution < 1.29 is 28.9 Å². The van der Waals surface area contributed by atoms with Crippen molar-refractivity contribution in [3.63, 3.8) is 0 Å². The van der Waals surface area contributed by atoms with Gasteiger partial charge in [0.05, 0.1) is 32.8 Å². The first-order valence-corrected chi connectivity index (χ1v) is 14.9. The smallest absolute Gasteiger partial charge is 0.249 e. The summed E-state index contributed by atoms with van der Waals surface area (Å²) in [4.78, 5) is 28.8. The second-order valence-corrected chi connectivity index (χ2v) is 11.0. The molecule has 1 aliphatic carbocycles. The molecule has 234 valence electrons. The summed E-state index contributed by atoms with van der Waals surface area (Å²) < 4.78 is 16.4. The van der Waals surface area contributed by atoms with Crippen LogP contribution in [0.3, 0.4) is 0 Å². The van der Waals surface area contributed by atoms with Crippen molar-refractivity contribution in [3.8, 4) is 17.2 Å². The molecular weight excluding hydrogens is 546 g/mol. The molecule has 2 amide bonds. The standard InChI is InChI=1S/C34H47N3O6/c1-6-16-37(17-7-2)32(39)26-14-11-15-34(21-26,33(35)40)27(18-24-12-9-8-10-13-24)28(38)23-36-22-25-19-29(41-3)31(43-5)30(20-25)42-4/h8-15,19-20,27-28,36,38H,6-7,16-18,21-23H2,1-5H3,(H2,35,40)/t27-,28+,34?/m1/s1. The zero-order chi connectivity index (χ0) is 31.4. The van der Waals surface area contributed by atoms with Crippen LogP contribution in [0.15, 0.2) is 66.3 Å². The molecule has 9 heteroatoms. The van der Waals surface area contributed by atoms with Crippen LogP contribution in [-0.4, -0.2) is 68.9 Å². The fourth-order valence-corrected chi connectivity index (χ4v) is 5.85. The summed E-state index contributed by atoms with van der Waals surface area (Å²) in [5, 5.41) is 15.0. The van der Waals surface area contributed by atoms with Gasteiger partial charge in [0.1, 0.15) is 0 Å². The van der Waals surface area contributed by atoms with Crippen molar-refractivity contribution in [1.82, 2.24) is 10.2 Å². The van der Waals surface area contributed by atoms with E-state index in [2.05, 4.69) is 5.32 Å². The van der Waals surface area contributed by atoms with E-state index in [0.717, 1.165) is 24.0 Å². The van der Waals surface area contributed by atoms with E-state index < -0.39 is 23.3 Å². The number of aliphatic hydroxyl groups is 1. The number of hydrogen-bond acceptors (Lipinski definition) is 7. The Hall–Kier alpha value is -3.82. The number of primary amides is 1. The monoisotopic (exact) mass is 593 g/mol. The van der Waals surface area contributed by atoms with Crippen LogP contribution in [0.25, 0.3) is 0 Å². The van der Waals surface area contributed by atoms with Crippen molar-refractivity contribution in [2.75, 3.05) is 41.0 Å². The normalized spacial score (nSPS) is 17.5. The Morgan fingerprint density at radius 3 is 2.16 bits per heavy atom. The van der Waals surface area contributed by atoms with Gasteiger partial charge in [0.25, 0.3) is 0 Å². The van der Waals surface area contributed by atoms with Crippen molar-refractivity contribution in [1.29, 1.82) is 0 Å². The van der Waals surface area contributed by atoms with Crippen LogP contribution in [0.2, 0.25) is 0 Å². The molecule has 2 aromatic rings. The van der Waals surface area contributed by atoms with Gasteiger partial charge in [0.15, 0.2) is 11.5 Å². The molecule has 9 nitrogen and oxygen atoms in total. The van der Waals surface area contributed by atoms with Gasteiger partial charge in [-0.3, -0.25) is 9.59 Å². The van der Waals surface area contributed by atoms with Crippen molar-refractivity contribution >= 4 is 11.8 Å². The molecule has 1 unspecified atom stereocenters. The third kappa shape index (κ3) is 8.18. The average Bonchev–Trinajstić information content (AvgIpc) is 3.02. The highest BCUT2D eigenvalue weighted by atomic mass is 16.5. The Morgan fingerprint density at radius 1 is 1.00 bits per heavy atom. The summed E-state index contributed by atoms with van der Waals surface area (Å²) in [5.41, 5.74) is 7.25. The molecular formula is C34H47N3O6. The van der Waals surface area contributed by atoms with Gasteiger partial charge >= 0.3 is 0 Å². The molecule has 0 heterocycles. The number of hydrogen-bond donors (Lipinski definition) is 3. The minimum absolute atomic E-state index is 0.0906. The Kier molecular flexibility index (Phi) is 12.6. The summed E-state index contributed by atoms with van der Waals surface area (Å²) in [7, 11) is 4.67. The molecule has 0 radical (unpaired) electrons. The van der Waals surface area contributed by atoms with E-state index in [1.807, 2.05) is 61.2 Å². The summed E-state index contributed by atoms with van der Waals surface area (Å²) in [6, 6.07) is 13.4. The maximum atomic E-state index is 13.6. The van der Waals surface area contributed by atoms with E-state index in [1.54, 1.807) is 39.6 Å². The maximum Gasteiger partial charge on any atom is 0.249 e. The first-order chi connectivity index (χ1) is 20.7. The number of allylic oxidation sites excluding steroid dienone is 2. The van der Waals surface area contributed by atoms with Crippen LogP contribution in [-0.2, 0) is 22.6 Å². The number of amides is 2. The quantitative estimate of drug-likeness (QED) is 0.253. The first kappa shape index (κ1) is 33.7. The summed E-state index contributed by atoms with van der Waals surface area (Å²) in [6.45, 7) is 5.93. The highest BCUT2D eigenvalue weighted by molar-refractivity contribution is 5.96. The fraction of sp³-hybridized carbons (Fsp3) is 0.471. The molecule has 0 saturated carbocycles. The number of methoxy groups -OCH3 is 3. The van der Waals surface area contributed by atoms with E-state index in [0.29, 0.717) is 48.9 Å². The highest BCUT2D eigenvalue weighted by Crippen LogP contribution is 2.43. The highest BCUT2D eigenvalue weighted by Gasteiger charge is 2.47. The van der Waals surface area contributed by atoms with E-state index in [9.17, 15) is 14.7 Å². The third-order valence-corrected chi connectivity index (χ3v) is 8.01. The van der Waals surface area contributed by atoms with Crippen LogP contribution in [0, 0.1) is 11.3 Å².